The number of rotatable bonds is 7. The minimum atomic E-state index is -0.506. The average Bonchev–Trinajstić information content (AvgIpc) is 2.45. The maximum absolute atomic E-state index is 11.8. The molecule has 0 unspecified atom stereocenters. The zero-order valence-corrected chi connectivity index (χ0v) is 11.0. The fourth-order valence-electron chi connectivity index (χ4n) is 1.61. The van der Waals surface area contributed by atoms with Gasteiger partial charge < -0.3 is 20.8 Å². The Morgan fingerprint density at radius 1 is 1.10 bits per heavy atom. The summed E-state index contributed by atoms with van der Waals surface area (Å²) in [5.74, 6) is -0.805. The highest BCUT2D eigenvalue weighted by molar-refractivity contribution is 5.94. The highest BCUT2D eigenvalue weighted by atomic mass is 16.3. The molecular weight excluding hydrogens is 260 g/mol. The molecule has 0 saturated carbocycles. The van der Waals surface area contributed by atoms with Crippen molar-refractivity contribution in [2.24, 2.45) is 5.73 Å². The molecule has 0 spiro atoms. The van der Waals surface area contributed by atoms with Gasteiger partial charge in [0.25, 0.3) is 0 Å². The van der Waals surface area contributed by atoms with Gasteiger partial charge in [-0.2, -0.15) is 0 Å². The van der Waals surface area contributed by atoms with E-state index in [1.165, 1.54) is 11.0 Å². The van der Waals surface area contributed by atoms with Crippen LogP contribution in [0, 0.1) is 0 Å². The third kappa shape index (κ3) is 4.83. The zero-order valence-electron chi connectivity index (χ0n) is 11.0. The van der Waals surface area contributed by atoms with E-state index in [1.54, 1.807) is 30.3 Å². The van der Waals surface area contributed by atoms with Crippen LogP contribution in [0.15, 0.2) is 30.3 Å². The van der Waals surface area contributed by atoms with E-state index in [9.17, 15) is 9.59 Å². The van der Waals surface area contributed by atoms with Crippen LogP contribution in [-0.2, 0) is 4.79 Å². The number of primary amides is 1. The lowest BCUT2D eigenvalue weighted by Gasteiger charge is -2.18. The molecule has 4 N–H and O–H groups in total. The highest BCUT2D eigenvalue weighted by Gasteiger charge is 2.08. The first kappa shape index (κ1) is 15.9. The molecule has 0 saturated heterocycles. The van der Waals surface area contributed by atoms with E-state index in [0.29, 0.717) is 5.56 Å². The van der Waals surface area contributed by atoms with Gasteiger partial charge >= 0.3 is 0 Å². The number of benzene rings is 1. The molecule has 0 bridgehead atoms. The van der Waals surface area contributed by atoms with E-state index in [0.717, 1.165) is 5.56 Å². The summed E-state index contributed by atoms with van der Waals surface area (Å²) >= 11 is 0. The molecule has 0 aliphatic heterocycles. The van der Waals surface area contributed by atoms with Crippen molar-refractivity contribution in [1.82, 2.24) is 4.90 Å². The Balaban J connectivity index is 2.70. The lowest BCUT2D eigenvalue weighted by atomic mass is 10.1. The van der Waals surface area contributed by atoms with Gasteiger partial charge in [0.15, 0.2) is 0 Å². The van der Waals surface area contributed by atoms with Gasteiger partial charge in [0, 0.05) is 24.7 Å². The van der Waals surface area contributed by atoms with Crippen LogP contribution < -0.4 is 5.73 Å². The lowest BCUT2D eigenvalue weighted by Crippen LogP contribution is -2.34. The molecule has 0 aromatic heterocycles. The van der Waals surface area contributed by atoms with Crippen LogP contribution in [0.2, 0.25) is 0 Å². The maximum Gasteiger partial charge on any atom is 0.248 e. The lowest BCUT2D eigenvalue weighted by molar-refractivity contribution is -0.126. The van der Waals surface area contributed by atoms with Crippen LogP contribution in [0.5, 0.6) is 0 Å². The van der Waals surface area contributed by atoms with Crippen LogP contribution >= 0.6 is 0 Å². The Hall–Kier alpha value is -2.18. The molecule has 2 amide bonds. The van der Waals surface area contributed by atoms with Gasteiger partial charge in [-0.3, -0.25) is 9.59 Å². The Kier molecular flexibility index (Phi) is 6.42. The van der Waals surface area contributed by atoms with Crippen molar-refractivity contribution in [3.8, 4) is 0 Å². The molecule has 6 heteroatoms. The number of aliphatic hydroxyl groups is 2. The standard InChI is InChI=1S/C14H18N2O4/c15-14(20)12-4-1-11(2-5-12)3-6-13(19)16(7-9-17)8-10-18/h1-6,17-18H,7-10H2,(H2,15,20). The number of carbonyl (C=O) groups excluding carboxylic acids is 2. The van der Waals surface area contributed by atoms with E-state index < -0.39 is 5.91 Å². The van der Waals surface area contributed by atoms with E-state index in [1.807, 2.05) is 0 Å². The predicted octanol–water partition coefficient (Wildman–Crippen LogP) is -0.388. The third-order valence-electron chi connectivity index (χ3n) is 2.67. The summed E-state index contributed by atoms with van der Waals surface area (Å²) in [5, 5.41) is 17.7. The summed E-state index contributed by atoms with van der Waals surface area (Å²) in [6.45, 7) is 0.0223. The predicted molar refractivity (Wildman–Crippen MR) is 74.7 cm³/mol. The minimum Gasteiger partial charge on any atom is -0.395 e. The molecule has 0 aliphatic rings. The van der Waals surface area contributed by atoms with E-state index in [-0.39, 0.29) is 32.2 Å². The summed E-state index contributed by atoms with van der Waals surface area (Å²) in [7, 11) is 0. The molecule has 108 valence electrons. The van der Waals surface area contributed by atoms with E-state index in [4.69, 9.17) is 15.9 Å². The summed E-state index contributed by atoms with van der Waals surface area (Å²) in [5.41, 5.74) is 6.27. The maximum atomic E-state index is 11.8. The van der Waals surface area contributed by atoms with Gasteiger partial charge in [-0.1, -0.05) is 12.1 Å². The highest BCUT2D eigenvalue weighted by Crippen LogP contribution is 2.06. The second kappa shape index (κ2) is 8.08. The normalized spacial score (nSPS) is 10.7. The van der Waals surface area contributed by atoms with Crippen molar-refractivity contribution in [3.63, 3.8) is 0 Å². The first-order chi connectivity index (χ1) is 9.58. The van der Waals surface area contributed by atoms with Gasteiger partial charge in [0.2, 0.25) is 11.8 Å². The Morgan fingerprint density at radius 3 is 2.10 bits per heavy atom. The first-order valence-electron chi connectivity index (χ1n) is 6.17. The van der Waals surface area contributed by atoms with Gasteiger partial charge in [0.05, 0.1) is 13.2 Å². The molecule has 1 rings (SSSR count). The molecule has 6 nitrogen and oxygen atoms in total. The average molecular weight is 278 g/mol. The Labute approximate surface area is 117 Å². The minimum absolute atomic E-state index is 0.160. The molecule has 20 heavy (non-hydrogen) atoms. The molecule has 0 fully saturated rings. The fraction of sp³-hybridized carbons (Fsp3) is 0.286. The summed E-state index contributed by atoms with van der Waals surface area (Å²) < 4.78 is 0. The van der Waals surface area contributed by atoms with Crippen molar-refractivity contribution in [1.29, 1.82) is 0 Å². The van der Waals surface area contributed by atoms with E-state index in [2.05, 4.69) is 0 Å². The Morgan fingerprint density at radius 2 is 1.65 bits per heavy atom. The van der Waals surface area contributed by atoms with Crippen molar-refractivity contribution in [2.75, 3.05) is 26.3 Å². The molecule has 0 radical (unpaired) electrons. The molecular formula is C14H18N2O4. The van der Waals surface area contributed by atoms with Crippen LogP contribution in [0.1, 0.15) is 15.9 Å². The largest absolute Gasteiger partial charge is 0.395 e. The summed E-state index contributed by atoms with van der Waals surface area (Å²) in [6.07, 6.45) is 2.94. The number of carbonyl (C=O) groups is 2. The number of aliphatic hydroxyl groups excluding tert-OH is 2. The zero-order chi connectivity index (χ0) is 15.0. The number of nitrogens with two attached hydrogens (primary N) is 1. The number of hydrogen-bond acceptors (Lipinski definition) is 4. The van der Waals surface area contributed by atoms with Crippen molar-refractivity contribution >= 4 is 17.9 Å². The van der Waals surface area contributed by atoms with Crippen LogP contribution in [0.3, 0.4) is 0 Å². The first-order valence-corrected chi connectivity index (χ1v) is 6.17. The fourth-order valence-corrected chi connectivity index (χ4v) is 1.61. The van der Waals surface area contributed by atoms with Crippen LogP contribution in [0.25, 0.3) is 6.08 Å². The number of hydrogen-bond donors (Lipinski definition) is 3. The second-order valence-electron chi connectivity index (χ2n) is 4.09. The molecule has 0 heterocycles. The van der Waals surface area contributed by atoms with Gasteiger partial charge in [-0.05, 0) is 23.8 Å². The van der Waals surface area contributed by atoms with Gasteiger partial charge in [0.1, 0.15) is 0 Å². The van der Waals surface area contributed by atoms with Crippen LogP contribution in [0.4, 0.5) is 0 Å². The van der Waals surface area contributed by atoms with Crippen LogP contribution in [-0.4, -0.2) is 53.2 Å². The molecule has 1 aromatic rings. The second-order valence-corrected chi connectivity index (χ2v) is 4.09. The molecule has 1 aromatic carbocycles. The summed E-state index contributed by atoms with van der Waals surface area (Å²) in [6, 6.07) is 6.50. The quantitative estimate of drug-likeness (QED) is 0.591. The SMILES string of the molecule is NC(=O)c1ccc(C=CC(=O)N(CCO)CCO)cc1. The van der Waals surface area contributed by atoms with E-state index >= 15 is 0 Å². The smallest absolute Gasteiger partial charge is 0.248 e. The van der Waals surface area contributed by atoms with Gasteiger partial charge in [-0.25, -0.2) is 0 Å². The topological polar surface area (TPSA) is 104 Å². The van der Waals surface area contributed by atoms with Crippen molar-refractivity contribution < 1.29 is 19.8 Å². The molecule has 0 atom stereocenters. The monoisotopic (exact) mass is 278 g/mol. The summed E-state index contributed by atoms with van der Waals surface area (Å²) in [4.78, 5) is 24.1. The van der Waals surface area contributed by atoms with Crippen molar-refractivity contribution in [2.45, 2.75) is 0 Å². The third-order valence-corrected chi connectivity index (χ3v) is 2.67. The van der Waals surface area contributed by atoms with Crippen molar-refractivity contribution in [3.05, 3.63) is 41.5 Å². The number of nitrogens with zero attached hydrogens (tertiary/aromatic N) is 1. The Bertz CT molecular complexity index is 476. The number of amides is 2. The molecule has 0 aliphatic carbocycles. The van der Waals surface area contributed by atoms with Gasteiger partial charge in [-0.15, -0.1) is 0 Å².